The predicted molar refractivity (Wildman–Crippen MR) is 128 cm³/mol. The number of pyridine rings is 2. The molecule has 3 aromatic heterocycles. The van der Waals surface area contributed by atoms with Gasteiger partial charge in [0.2, 0.25) is 0 Å². The lowest BCUT2D eigenvalue weighted by Gasteiger charge is -2.27. The summed E-state index contributed by atoms with van der Waals surface area (Å²) in [6, 6.07) is 5.13. The number of hydrogen-bond acceptors (Lipinski definition) is 8. The molecule has 5 rings (SSSR count). The number of alkyl halides is 3. The highest BCUT2D eigenvalue weighted by molar-refractivity contribution is 5.94. The normalized spacial score (nSPS) is 20.9. The predicted octanol–water partition coefficient (Wildman–Crippen LogP) is 4.70. The lowest BCUT2D eigenvalue weighted by molar-refractivity contribution is -0.142. The van der Waals surface area contributed by atoms with Crippen LogP contribution in [0.4, 0.5) is 24.8 Å². The van der Waals surface area contributed by atoms with E-state index in [9.17, 15) is 18.0 Å². The van der Waals surface area contributed by atoms with Crippen LogP contribution in [0.25, 0.3) is 11.1 Å². The molecule has 4 heterocycles. The number of nitrogens with two attached hydrogens (primary N) is 1. The van der Waals surface area contributed by atoms with E-state index in [2.05, 4.69) is 20.4 Å². The molecular weight excluding hydrogens is 489 g/mol. The van der Waals surface area contributed by atoms with Crippen molar-refractivity contribution in [1.82, 2.24) is 19.7 Å². The highest BCUT2D eigenvalue weighted by Crippen LogP contribution is 2.37. The number of carbonyl (C=O) groups excluding carboxylic acids is 1. The van der Waals surface area contributed by atoms with Gasteiger partial charge < -0.3 is 20.5 Å². The molecule has 3 aromatic rings. The second-order valence-electron chi connectivity index (χ2n) is 9.88. The number of anilines is 2. The maximum absolute atomic E-state index is 12.8. The minimum Gasteiger partial charge on any atom is -0.490 e. The number of carbonyl (C=O) groups is 1. The number of nitrogens with zero attached hydrogens (tertiary/aromatic N) is 4. The molecule has 0 radical (unpaired) electrons. The first-order valence-electron chi connectivity index (χ1n) is 12.0. The van der Waals surface area contributed by atoms with E-state index in [4.69, 9.17) is 15.2 Å². The van der Waals surface area contributed by atoms with E-state index in [0.29, 0.717) is 39.8 Å². The number of ether oxygens (including phenoxy) is 2. The van der Waals surface area contributed by atoms with E-state index in [-0.39, 0.29) is 12.1 Å². The molecule has 3 N–H and O–H groups in total. The Kier molecular flexibility index (Phi) is 6.30. The van der Waals surface area contributed by atoms with Gasteiger partial charge in [-0.15, -0.1) is 0 Å². The quantitative estimate of drug-likeness (QED) is 0.453. The first kappa shape index (κ1) is 25.0. The van der Waals surface area contributed by atoms with Gasteiger partial charge in [0.25, 0.3) is 0 Å². The zero-order chi connectivity index (χ0) is 26.4. The van der Waals surface area contributed by atoms with Crippen molar-refractivity contribution in [2.24, 2.45) is 5.73 Å². The molecule has 0 atom stereocenters. The summed E-state index contributed by atoms with van der Waals surface area (Å²) in [5, 5.41) is 6.98. The summed E-state index contributed by atoms with van der Waals surface area (Å²) in [4.78, 5) is 21.1. The van der Waals surface area contributed by atoms with Gasteiger partial charge >= 0.3 is 12.1 Å². The van der Waals surface area contributed by atoms with Crippen molar-refractivity contribution in [2.75, 3.05) is 5.32 Å². The molecule has 9 nitrogen and oxygen atoms in total. The fourth-order valence-electron chi connectivity index (χ4n) is 4.60. The third-order valence-electron chi connectivity index (χ3n) is 6.45. The molecule has 0 aromatic carbocycles. The summed E-state index contributed by atoms with van der Waals surface area (Å²) in [5.41, 5.74) is 7.08. The summed E-state index contributed by atoms with van der Waals surface area (Å²) in [6.45, 7) is 2.34. The first-order valence-corrected chi connectivity index (χ1v) is 12.0. The van der Waals surface area contributed by atoms with Gasteiger partial charge in [-0.05, 0) is 51.7 Å². The van der Waals surface area contributed by atoms with Crippen molar-refractivity contribution in [3.8, 4) is 16.9 Å². The van der Waals surface area contributed by atoms with Crippen LogP contribution in [0.2, 0.25) is 0 Å². The third kappa shape index (κ3) is 5.53. The number of halogens is 3. The van der Waals surface area contributed by atoms with E-state index in [1.807, 2.05) is 0 Å². The highest BCUT2D eigenvalue weighted by atomic mass is 19.4. The smallest absolute Gasteiger partial charge is 0.408 e. The number of fused-ring (bicyclic) bond motifs is 1. The summed E-state index contributed by atoms with van der Waals surface area (Å²) in [7, 11) is 0. The summed E-state index contributed by atoms with van der Waals surface area (Å²) in [6.07, 6.45) is 2.95. The number of esters is 1. The molecule has 0 saturated heterocycles. The largest absolute Gasteiger partial charge is 0.490 e. The zero-order valence-electron chi connectivity index (χ0n) is 20.4. The molecular formula is C25H27F3N6O3. The van der Waals surface area contributed by atoms with Crippen LogP contribution in [0.1, 0.15) is 55.6 Å². The van der Waals surface area contributed by atoms with E-state index in [0.717, 1.165) is 30.4 Å². The van der Waals surface area contributed by atoms with Crippen LogP contribution in [0.5, 0.6) is 5.75 Å². The summed E-state index contributed by atoms with van der Waals surface area (Å²) < 4.78 is 51.0. The molecule has 0 amide bonds. The van der Waals surface area contributed by atoms with Crippen LogP contribution >= 0.6 is 0 Å². The topological polar surface area (TPSA) is 117 Å². The number of cyclic esters (lactones) is 1. The Hall–Kier alpha value is -3.67. The van der Waals surface area contributed by atoms with E-state index in [1.165, 1.54) is 18.6 Å². The molecule has 12 heteroatoms. The standard InChI is InChI=1S/C25H27F3N6O3/c1-24(2)22-17(23(35)37-24)7-8-20(33-22)32-21-9-19(36-16-5-3-15(29)4-6-16)18(11-30-21)14-10-31-34(12-14)13-25(26,27)28/h7-12,15-16H,3-6,13,29H2,1-2H3,(H,30,32,33). The highest BCUT2D eigenvalue weighted by Gasteiger charge is 2.39. The monoisotopic (exact) mass is 516 g/mol. The summed E-state index contributed by atoms with van der Waals surface area (Å²) in [5.74, 6) is 0.919. The van der Waals surface area contributed by atoms with Crippen molar-refractivity contribution < 1.29 is 27.4 Å². The Morgan fingerprint density at radius 3 is 2.65 bits per heavy atom. The molecule has 1 saturated carbocycles. The molecule has 0 bridgehead atoms. The Balaban J connectivity index is 1.44. The van der Waals surface area contributed by atoms with Crippen molar-refractivity contribution in [3.05, 3.63) is 48.0 Å². The number of aromatic nitrogens is 4. The lowest BCUT2D eigenvalue weighted by Crippen LogP contribution is -2.31. The van der Waals surface area contributed by atoms with Crippen LogP contribution < -0.4 is 15.8 Å². The third-order valence-corrected chi connectivity index (χ3v) is 6.45. The van der Waals surface area contributed by atoms with Gasteiger partial charge in [0.05, 0.1) is 17.9 Å². The fourth-order valence-corrected chi connectivity index (χ4v) is 4.60. The molecule has 0 unspecified atom stereocenters. The zero-order valence-corrected chi connectivity index (χ0v) is 20.4. The fraction of sp³-hybridized carbons (Fsp3) is 0.440. The van der Waals surface area contributed by atoms with Crippen LogP contribution in [-0.4, -0.2) is 44.0 Å². The molecule has 196 valence electrons. The number of rotatable bonds is 6. The van der Waals surface area contributed by atoms with Gasteiger partial charge in [-0.3, -0.25) is 4.68 Å². The Bertz CT molecular complexity index is 1320. The van der Waals surface area contributed by atoms with Crippen LogP contribution in [-0.2, 0) is 16.9 Å². The minimum absolute atomic E-state index is 0.0823. The summed E-state index contributed by atoms with van der Waals surface area (Å²) >= 11 is 0. The van der Waals surface area contributed by atoms with Crippen LogP contribution in [0.3, 0.4) is 0 Å². The Morgan fingerprint density at radius 2 is 1.92 bits per heavy atom. The van der Waals surface area contributed by atoms with Crippen molar-refractivity contribution >= 4 is 17.6 Å². The second kappa shape index (κ2) is 9.33. The van der Waals surface area contributed by atoms with Gasteiger partial charge in [-0.25, -0.2) is 14.8 Å². The maximum Gasteiger partial charge on any atom is 0.408 e. The molecule has 1 aliphatic carbocycles. The van der Waals surface area contributed by atoms with Gasteiger partial charge in [-0.1, -0.05) is 0 Å². The lowest BCUT2D eigenvalue weighted by atomic mass is 9.93. The van der Waals surface area contributed by atoms with E-state index in [1.54, 1.807) is 32.0 Å². The van der Waals surface area contributed by atoms with Gasteiger partial charge in [-0.2, -0.15) is 18.3 Å². The Morgan fingerprint density at radius 1 is 1.16 bits per heavy atom. The Labute approximate surface area is 211 Å². The molecule has 37 heavy (non-hydrogen) atoms. The molecule has 0 spiro atoms. The van der Waals surface area contributed by atoms with Crippen LogP contribution in [0.15, 0.2) is 36.8 Å². The molecule has 1 fully saturated rings. The van der Waals surface area contributed by atoms with Crippen molar-refractivity contribution in [2.45, 2.75) is 70.0 Å². The molecule has 1 aliphatic heterocycles. The molecule has 2 aliphatic rings. The minimum atomic E-state index is -4.39. The average molecular weight is 517 g/mol. The first-order chi connectivity index (χ1) is 17.5. The maximum atomic E-state index is 12.8. The SMILES string of the molecule is CC1(C)OC(=O)c2ccc(Nc3cc(OC4CCC(N)CC4)c(-c4cnn(CC(F)(F)F)c4)cn3)nc21. The van der Waals surface area contributed by atoms with Crippen molar-refractivity contribution in [1.29, 1.82) is 0 Å². The van der Waals surface area contributed by atoms with Gasteiger partial charge in [0.15, 0.2) is 0 Å². The van der Waals surface area contributed by atoms with E-state index >= 15 is 0 Å². The van der Waals surface area contributed by atoms with Gasteiger partial charge in [0.1, 0.15) is 35.2 Å². The average Bonchev–Trinajstić information content (AvgIpc) is 3.35. The second-order valence-corrected chi connectivity index (χ2v) is 9.88. The van der Waals surface area contributed by atoms with Crippen molar-refractivity contribution in [3.63, 3.8) is 0 Å². The number of hydrogen-bond donors (Lipinski definition) is 2. The van der Waals surface area contributed by atoms with E-state index < -0.39 is 24.3 Å². The van der Waals surface area contributed by atoms with Crippen LogP contribution in [0, 0.1) is 0 Å². The van der Waals surface area contributed by atoms with Gasteiger partial charge in [0, 0.05) is 35.6 Å². The number of nitrogens with one attached hydrogen (secondary N) is 1.